The van der Waals surface area contributed by atoms with E-state index in [1.807, 2.05) is 0 Å². The Hall–Kier alpha value is -1.90. The van der Waals surface area contributed by atoms with Crippen LogP contribution in [0.15, 0.2) is 18.2 Å². The van der Waals surface area contributed by atoms with Crippen LogP contribution >= 0.6 is 0 Å². The number of carbonyl (C=O) groups is 1. The molecule has 1 saturated heterocycles. The van der Waals surface area contributed by atoms with Gasteiger partial charge in [0.25, 0.3) is 5.91 Å². The van der Waals surface area contributed by atoms with Crippen LogP contribution in [0.2, 0.25) is 0 Å². The van der Waals surface area contributed by atoms with E-state index in [1.54, 1.807) is 0 Å². The molecule has 1 aromatic carbocycles. The van der Waals surface area contributed by atoms with Crippen LogP contribution in [0.4, 0.5) is 4.39 Å². The van der Waals surface area contributed by atoms with Gasteiger partial charge in [0.2, 0.25) is 0 Å². The molecular formula is C15H16FNO3. The van der Waals surface area contributed by atoms with Crippen molar-refractivity contribution in [1.82, 2.24) is 5.32 Å². The Balaban J connectivity index is 2.08. The summed E-state index contributed by atoms with van der Waals surface area (Å²) in [6, 6.07) is 3.83. The third kappa shape index (κ3) is 3.80. The Morgan fingerprint density at radius 3 is 3.10 bits per heavy atom. The van der Waals surface area contributed by atoms with E-state index in [4.69, 9.17) is 9.84 Å². The van der Waals surface area contributed by atoms with Crippen LogP contribution in [0.5, 0.6) is 0 Å². The van der Waals surface area contributed by atoms with E-state index in [2.05, 4.69) is 17.2 Å². The summed E-state index contributed by atoms with van der Waals surface area (Å²) >= 11 is 0. The average Bonchev–Trinajstić information content (AvgIpc) is 2.96. The van der Waals surface area contributed by atoms with E-state index < -0.39 is 5.82 Å². The Morgan fingerprint density at radius 2 is 2.40 bits per heavy atom. The van der Waals surface area contributed by atoms with Gasteiger partial charge in [-0.05, 0) is 24.6 Å². The second kappa shape index (κ2) is 7.04. The van der Waals surface area contributed by atoms with Gasteiger partial charge in [-0.2, -0.15) is 0 Å². The van der Waals surface area contributed by atoms with Gasteiger partial charge >= 0.3 is 0 Å². The zero-order chi connectivity index (χ0) is 14.4. The van der Waals surface area contributed by atoms with Crippen molar-refractivity contribution < 1.29 is 19.0 Å². The number of nitrogens with one attached hydrogen (secondary N) is 1. The second-order valence-corrected chi connectivity index (χ2v) is 4.59. The van der Waals surface area contributed by atoms with Crippen LogP contribution in [0.3, 0.4) is 0 Å². The SMILES string of the molecule is O=C(NCC1CCOC1)c1cc(F)ccc1C#CCO. The van der Waals surface area contributed by atoms with Crippen LogP contribution in [0, 0.1) is 23.6 Å². The molecule has 5 heteroatoms. The number of amides is 1. The maximum Gasteiger partial charge on any atom is 0.252 e. The fraction of sp³-hybridized carbons (Fsp3) is 0.400. The van der Waals surface area contributed by atoms with Crippen molar-refractivity contribution in [2.45, 2.75) is 6.42 Å². The minimum absolute atomic E-state index is 0.185. The van der Waals surface area contributed by atoms with E-state index in [-0.39, 0.29) is 18.1 Å². The van der Waals surface area contributed by atoms with Gasteiger partial charge in [0.05, 0.1) is 12.2 Å². The maximum absolute atomic E-state index is 13.3. The molecule has 1 aromatic rings. The molecule has 2 N–H and O–H groups in total. The molecule has 0 saturated carbocycles. The van der Waals surface area contributed by atoms with Crippen LogP contribution in [-0.2, 0) is 4.74 Å². The van der Waals surface area contributed by atoms with E-state index in [0.29, 0.717) is 31.2 Å². The number of hydrogen-bond acceptors (Lipinski definition) is 3. The summed E-state index contributed by atoms with van der Waals surface area (Å²) in [5.74, 6) is 4.56. The number of aliphatic hydroxyl groups is 1. The molecule has 4 nitrogen and oxygen atoms in total. The topological polar surface area (TPSA) is 58.6 Å². The monoisotopic (exact) mass is 277 g/mol. The molecule has 1 fully saturated rings. The summed E-state index contributed by atoms with van der Waals surface area (Å²) in [6.07, 6.45) is 0.917. The number of aliphatic hydroxyl groups excluding tert-OH is 1. The van der Waals surface area contributed by atoms with E-state index >= 15 is 0 Å². The van der Waals surface area contributed by atoms with Crippen LogP contribution in [0.1, 0.15) is 22.3 Å². The van der Waals surface area contributed by atoms with E-state index in [1.165, 1.54) is 12.1 Å². The van der Waals surface area contributed by atoms with Crippen molar-refractivity contribution in [1.29, 1.82) is 0 Å². The highest BCUT2D eigenvalue weighted by Crippen LogP contribution is 2.13. The number of rotatable bonds is 3. The summed E-state index contributed by atoms with van der Waals surface area (Å²) < 4.78 is 18.5. The highest BCUT2D eigenvalue weighted by Gasteiger charge is 2.18. The predicted octanol–water partition coefficient (Wildman–Crippen LogP) is 0.936. The van der Waals surface area contributed by atoms with Gasteiger partial charge < -0.3 is 15.2 Å². The first-order valence-electron chi connectivity index (χ1n) is 6.46. The van der Waals surface area contributed by atoms with Crippen molar-refractivity contribution in [2.75, 3.05) is 26.4 Å². The Morgan fingerprint density at radius 1 is 1.55 bits per heavy atom. The molecule has 0 radical (unpaired) electrons. The molecule has 20 heavy (non-hydrogen) atoms. The Kier molecular flexibility index (Phi) is 5.10. The number of carbonyl (C=O) groups excluding carboxylic acids is 1. The number of halogens is 1. The fourth-order valence-corrected chi connectivity index (χ4v) is 2.02. The van der Waals surface area contributed by atoms with Gasteiger partial charge in [-0.3, -0.25) is 4.79 Å². The van der Waals surface area contributed by atoms with Crippen molar-refractivity contribution >= 4 is 5.91 Å². The molecule has 1 aliphatic heterocycles. The van der Waals surface area contributed by atoms with Gasteiger partial charge in [0, 0.05) is 24.6 Å². The standard InChI is InChI=1S/C15H16FNO3/c16-13-4-3-12(2-1-6-18)14(8-13)15(19)17-9-11-5-7-20-10-11/h3-4,8,11,18H,5-7,9-10H2,(H,17,19). The van der Waals surface area contributed by atoms with Gasteiger partial charge in [0.1, 0.15) is 12.4 Å². The summed E-state index contributed by atoms with van der Waals surface area (Å²) in [7, 11) is 0. The number of hydrogen-bond donors (Lipinski definition) is 2. The number of ether oxygens (including phenoxy) is 1. The minimum atomic E-state index is -0.492. The van der Waals surface area contributed by atoms with Gasteiger partial charge in [-0.15, -0.1) is 0 Å². The number of benzene rings is 1. The van der Waals surface area contributed by atoms with Crippen LogP contribution in [0.25, 0.3) is 0 Å². The van der Waals surface area contributed by atoms with Gasteiger partial charge in [-0.1, -0.05) is 11.8 Å². The smallest absolute Gasteiger partial charge is 0.252 e. The lowest BCUT2D eigenvalue weighted by Crippen LogP contribution is -2.30. The first kappa shape index (κ1) is 14.5. The molecule has 1 aliphatic rings. The van der Waals surface area contributed by atoms with Crippen LogP contribution < -0.4 is 5.32 Å². The summed E-state index contributed by atoms with van der Waals surface area (Å²) in [4.78, 5) is 12.1. The third-order valence-electron chi connectivity index (χ3n) is 3.10. The Bertz CT molecular complexity index is 542. The molecule has 0 aliphatic carbocycles. The van der Waals surface area contributed by atoms with E-state index in [9.17, 15) is 9.18 Å². The molecule has 1 heterocycles. The largest absolute Gasteiger partial charge is 0.384 e. The van der Waals surface area contributed by atoms with Crippen molar-refractivity contribution in [3.8, 4) is 11.8 Å². The first-order chi connectivity index (χ1) is 9.70. The van der Waals surface area contributed by atoms with E-state index in [0.717, 1.165) is 12.5 Å². The molecule has 2 rings (SSSR count). The molecular weight excluding hydrogens is 261 g/mol. The van der Waals surface area contributed by atoms with Crippen LogP contribution in [-0.4, -0.2) is 37.4 Å². The molecule has 0 bridgehead atoms. The van der Waals surface area contributed by atoms with Gasteiger partial charge in [0.15, 0.2) is 0 Å². The molecule has 1 atom stereocenters. The summed E-state index contributed by atoms with van der Waals surface area (Å²) in [5.41, 5.74) is 0.588. The molecule has 1 unspecified atom stereocenters. The molecule has 0 aromatic heterocycles. The summed E-state index contributed by atoms with van der Waals surface area (Å²) in [5, 5.41) is 11.5. The lowest BCUT2D eigenvalue weighted by Gasteiger charge is -2.10. The fourth-order valence-electron chi connectivity index (χ4n) is 2.02. The van der Waals surface area contributed by atoms with Gasteiger partial charge in [-0.25, -0.2) is 4.39 Å². The lowest BCUT2D eigenvalue weighted by molar-refractivity contribution is 0.0944. The highest BCUT2D eigenvalue weighted by molar-refractivity contribution is 5.96. The van der Waals surface area contributed by atoms with Crippen molar-refractivity contribution in [2.24, 2.45) is 5.92 Å². The minimum Gasteiger partial charge on any atom is -0.384 e. The second-order valence-electron chi connectivity index (χ2n) is 4.59. The molecule has 106 valence electrons. The quantitative estimate of drug-likeness (QED) is 0.808. The molecule has 1 amide bonds. The highest BCUT2D eigenvalue weighted by atomic mass is 19.1. The van der Waals surface area contributed by atoms with Crippen molar-refractivity contribution in [3.05, 3.63) is 35.1 Å². The first-order valence-corrected chi connectivity index (χ1v) is 6.46. The van der Waals surface area contributed by atoms with Crippen molar-refractivity contribution in [3.63, 3.8) is 0 Å². The zero-order valence-corrected chi connectivity index (χ0v) is 11.0. The average molecular weight is 277 g/mol. The maximum atomic E-state index is 13.3. The lowest BCUT2D eigenvalue weighted by atomic mass is 10.1. The normalized spacial score (nSPS) is 17.4. The summed E-state index contributed by atoms with van der Waals surface area (Å²) in [6.45, 7) is 1.55. The zero-order valence-electron chi connectivity index (χ0n) is 11.0. The Labute approximate surface area is 116 Å². The molecule has 0 spiro atoms. The third-order valence-corrected chi connectivity index (χ3v) is 3.10. The predicted molar refractivity (Wildman–Crippen MR) is 71.6 cm³/mol.